The molecule has 1 saturated carbocycles. The standard InChI is InChI=1S/C13H22N2O5/c1-3-20-10(16)8-15(2)12(19)14-9-13(11(17)18)6-4-5-7-13/h3-9H2,1-2H3,(H,14,19)(H,17,18). The van der Waals surface area contributed by atoms with Crippen LogP contribution in [0.3, 0.4) is 0 Å². The molecule has 2 N–H and O–H groups in total. The predicted octanol–water partition coefficient (Wildman–Crippen LogP) is 0.836. The highest BCUT2D eigenvalue weighted by Gasteiger charge is 2.41. The second kappa shape index (κ2) is 7.12. The van der Waals surface area contributed by atoms with Gasteiger partial charge in [0.05, 0.1) is 12.0 Å². The first-order chi connectivity index (χ1) is 9.41. The minimum Gasteiger partial charge on any atom is -0.481 e. The van der Waals surface area contributed by atoms with Crippen molar-refractivity contribution in [2.24, 2.45) is 5.41 Å². The lowest BCUT2D eigenvalue weighted by molar-refractivity contribution is -0.148. The van der Waals surface area contributed by atoms with Gasteiger partial charge in [-0.2, -0.15) is 0 Å². The molecular weight excluding hydrogens is 264 g/mol. The van der Waals surface area contributed by atoms with E-state index in [1.54, 1.807) is 6.92 Å². The van der Waals surface area contributed by atoms with Crippen molar-refractivity contribution in [2.75, 3.05) is 26.7 Å². The average Bonchev–Trinajstić information content (AvgIpc) is 2.86. The van der Waals surface area contributed by atoms with E-state index in [0.29, 0.717) is 12.8 Å². The number of ether oxygens (including phenoxy) is 1. The summed E-state index contributed by atoms with van der Waals surface area (Å²) in [5.41, 5.74) is -0.861. The number of hydrogen-bond acceptors (Lipinski definition) is 4. The minimum atomic E-state index is -0.872. The molecule has 0 aromatic carbocycles. The number of carbonyl (C=O) groups excluding carboxylic acids is 2. The highest BCUT2D eigenvalue weighted by Crippen LogP contribution is 2.37. The van der Waals surface area contributed by atoms with Crippen molar-refractivity contribution < 1.29 is 24.2 Å². The van der Waals surface area contributed by atoms with Gasteiger partial charge in [-0.3, -0.25) is 9.59 Å². The number of aliphatic carboxylic acids is 1. The summed E-state index contributed by atoms with van der Waals surface area (Å²) in [5.74, 6) is -1.36. The molecule has 114 valence electrons. The van der Waals surface area contributed by atoms with Crippen molar-refractivity contribution >= 4 is 18.0 Å². The first-order valence-electron chi connectivity index (χ1n) is 6.79. The van der Waals surface area contributed by atoms with E-state index in [2.05, 4.69) is 5.32 Å². The van der Waals surface area contributed by atoms with Gasteiger partial charge in [0.15, 0.2) is 0 Å². The van der Waals surface area contributed by atoms with Gasteiger partial charge in [-0.25, -0.2) is 4.79 Å². The Kier molecular flexibility index (Phi) is 5.79. The number of likely N-dealkylation sites (N-methyl/N-ethyl adjacent to an activating group) is 1. The van der Waals surface area contributed by atoms with Crippen molar-refractivity contribution in [3.63, 3.8) is 0 Å². The second-order valence-corrected chi connectivity index (χ2v) is 5.11. The van der Waals surface area contributed by atoms with Gasteiger partial charge in [0.1, 0.15) is 6.54 Å². The zero-order valence-electron chi connectivity index (χ0n) is 12.0. The molecule has 0 heterocycles. The molecule has 7 nitrogen and oxygen atoms in total. The number of nitrogens with zero attached hydrogens (tertiary/aromatic N) is 1. The molecule has 0 bridgehead atoms. The van der Waals surface area contributed by atoms with Crippen molar-refractivity contribution in [3.05, 3.63) is 0 Å². The molecule has 0 saturated heterocycles. The van der Waals surface area contributed by atoms with Crippen LogP contribution in [0.1, 0.15) is 32.6 Å². The topological polar surface area (TPSA) is 95.9 Å². The lowest BCUT2D eigenvalue weighted by atomic mass is 9.86. The summed E-state index contributed by atoms with van der Waals surface area (Å²) in [7, 11) is 1.47. The second-order valence-electron chi connectivity index (χ2n) is 5.11. The Bertz CT molecular complexity index is 377. The van der Waals surface area contributed by atoms with E-state index in [-0.39, 0.29) is 19.7 Å². The number of carboxylic acid groups (broad SMARTS) is 1. The van der Waals surface area contributed by atoms with E-state index in [0.717, 1.165) is 12.8 Å². The fourth-order valence-corrected chi connectivity index (χ4v) is 2.37. The largest absolute Gasteiger partial charge is 0.481 e. The van der Waals surface area contributed by atoms with Crippen molar-refractivity contribution in [1.82, 2.24) is 10.2 Å². The molecule has 0 aromatic rings. The number of carbonyl (C=O) groups is 3. The van der Waals surface area contributed by atoms with Gasteiger partial charge in [0.25, 0.3) is 0 Å². The maximum Gasteiger partial charge on any atom is 0.325 e. The van der Waals surface area contributed by atoms with Crippen LogP contribution in [0.2, 0.25) is 0 Å². The smallest absolute Gasteiger partial charge is 0.325 e. The Morgan fingerprint density at radius 3 is 2.40 bits per heavy atom. The Hall–Kier alpha value is -1.79. The maximum atomic E-state index is 11.8. The van der Waals surface area contributed by atoms with Crippen LogP contribution in [0.15, 0.2) is 0 Å². The third-order valence-electron chi connectivity index (χ3n) is 3.61. The lowest BCUT2D eigenvalue weighted by Crippen LogP contribution is -2.46. The highest BCUT2D eigenvalue weighted by molar-refractivity contribution is 5.81. The van der Waals surface area contributed by atoms with Gasteiger partial charge in [0.2, 0.25) is 0 Å². The Morgan fingerprint density at radius 1 is 1.30 bits per heavy atom. The van der Waals surface area contributed by atoms with Crippen molar-refractivity contribution in [2.45, 2.75) is 32.6 Å². The van der Waals surface area contributed by atoms with Crippen LogP contribution in [0, 0.1) is 5.41 Å². The third-order valence-corrected chi connectivity index (χ3v) is 3.61. The van der Waals surface area contributed by atoms with Crippen LogP contribution < -0.4 is 5.32 Å². The van der Waals surface area contributed by atoms with Crippen LogP contribution in [0.4, 0.5) is 4.79 Å². The quantitative estimate of drug-likeness (QED) is 0.705. The molecule has 0 radical (unpaired) electrons. The van der Waals surface area contributed by atoms with Gasteiger partial charge >= 0.3 is 18.0 Å². The Labute approximate surface area is 118 Å². The van der Waals surface area contributed by atoms with Crippen LogP contribution in [-0.4, -0.2) is 54.7 Å². The normalized spacial score (nSPS) is 16.5. The molecule has 7 heteroatoms. The molecule has 1 aliphatic carbocycles. The van der Waals surface area contributed by atoms with E-state index >= 15 is 0 Å². The summed E-state index contributed by atoms with van der Waals surface area (Å²) >= 11 is 0. The van der Waals surface area contributed by atoms with E-state index in [1.165, 1.54) is 11.9 Å². The Balaban J connectivity index is 2.45. The zero-order chi connectivity index (χ0) is 15.2. The van der Waals surface area contributed by atoms with Crippen LogP contribution in [-0.2, 0) is 14.3 Å². The van der Waals surface area contributed by atoms with Gasteiger partial charge in [-0.05, 0) is 19.8 Å². The van der Waals surface area contributed by atoms with Gasteiger partial charge in [-0.1, -0.05) is 12.8 Å². The lowest BCUT2D eigenvalue weighted by Gasteiger charge is -2.25. The van der Waals surface area contributed by atoms with Crippen LogP contribution in [0.5, 0.6) is 0 Å². The predicted molar refractivity (Wildman–Crippen MR) is 71.2 cm³/mol. The molecule has 0 atom stereocenters. The number of rotatable bonds is 6. The van der Waals surface area contributed by atoms with Crippen LogP contribution >= 0.6 is 0 Å². The van der Waals surface area contributed by atoms with E-state index in [1.807, 2.05) is 0 Å². The van der Waals surface area contributed by atoms with Crippen molar-refractivity contribution in [1.29, 1.82) is 0 Å². The average molecular weight is 286 g/mol. The summed E-state index contributed by atoms with van der Waals surface area (Å²) in [6, 6.07) is -0.467. The first-order valence-corrected chi connectivity index (χ1v) is 6.79. The molecule has 1 aliphatic rings. The van der Waals surface area contributed by atoms with E-state index in [4.69, 9.17) is 4.74 Å². The monoisotopic (exact) mass is 286 g/mol. The molecular formula is C13H22N2O5. The van der Waals surface area contributed by atoms with E-state index < -0.39 is 23.4 Å². The fraction of sp³-hybridized carbons (Fsp3) is 0.769. The molecule has 0 aromatic heterocycles. The SMILES string of the molecule is CCOC(=O)CN(C)C(=O)NCC1(C(=O)O)CCCC1. The number of carboxylic acids is 1. The van der Waals surface area contributed by atoms with E-state index in [9.17, 15) is 19.5 Å². The third kappa shape index (κ3) is 4.11. The molecule has 0 unspecified atom stereocenters. The minimum absolute atomic E-state index is 0.0916. The summed E-state index contributed by atoms with van der Waals surface area (Å²) in [4.78, 5) is 35.6. The van der Waals surface area contributed by atoms with Crippen LogP contribution in [0.25, 0.3) is 0 Å². The van der Waals surface area contributed by atoms with Gasteiger partial charge in [0, 0.05) is 13.6 Å². The summed E-state index contributed by atoms with van der Waals surface area (Å²) in [5, 5.41) is 11.9. The Morgan fingerprint density at radius 2 is 1.90 bits per heavy atom. The van der Waals surface area contributed by atoms with Gasteiger partial charge in [-0.15, -0.1) is 0 Å². The number of hydrogen-bond donors (Lipinski definition) is 2. The first kappa shape index (κ1) is 16.3. The number of urea groups is 1. The number of amides is 2. The molecule has 0 aliphatic heterocycles. The summed E-state index contributed by atoms with van der Waals surface area (Å²) < 4.78 is 4.74. The maximum absolute atomic E-state index is 11.8. The summed E-state index contributed by atoms with van der Waals surface area (Å²) in [6.45, 7) is 1.89. The zero-order valence-corrected chi connectivity index (χ0v) is 12.0. The molecule has 1 fully saturated rings. The van der Waals surface area contributed by atoms with Gasteiger partial charge < -0.3 is 20.1 Å². The highest BCUT2D eigenvalue weighted by atomic mass is 16.5. The number of esters is 1. The molecule has 2 amide bonds. The number of nitrogens with one attached hydrogen (secondary N) is 1. The molecule has 1 rings (SSSR count). The molecule has 20 heavy (non-hydrogen) atoms. The fourth-order valence-electron chi connectivity index (χ4n) is 2.37. The van der Waals surface area contributed by atoms with Crippen molar-refractivity contribution in [3.8, 4) is 0 Å². The molecule has 0 spiro atoms. The summed E-state index contributed by atoms with van der Waals surface area (Å²) in [6.07, 6.45) is 2.87.